The topological polar surface area (TPSA) is 58.4 Å². The highest BCUT2D eigenvalue weighted by atomic mass is 32.2. The molecule has 1 aromatic heterocycles. The molecule has 0 saturated carbocycles. The van der Waals surface area contributed by atoms with Crippen molar-refractivity contribution in [2.45, 2.75) is 18.4 Å². The fraction of sp³-hybridized carbons (Fsp3) is 0.389. The monoisotopic (exact) mass is 360 g/mol. The van der Waals surface area contributed by atoms with Gasteiger partial charge in [-0.3, -0.25) is 9.58 Å². The van der Waals surface area contributed by atoms with Crippen LogP contribution >= 0.6 is 0 Å². The van der Waals surface area contributed by atoms with Gasteiger partial charge < -0.3 is 0 Å². The van der Waals surface area contributed by atoms with Gasteiger partial charge >= 0.3 is 0 Å². The van der Waals surface area contributed by atoms with Crippen LogP contribution in [0.15, 0.2) is 53.7 Å². The van der Waals surface area contributed by atoms with Crippen LogP contribution in [0.1, 0.15) is 12.5 Å². The summed E-state index contributed by atoms with van der Waals surface area (Å²) in [5.74, 6) is 0. The van der Waals surface area contributed by atoms with Crippen LogP contribution in [-0.4, -0.2) is 60.1 Å². The maximum Gasteiger partial charge on any atom is 0.246 e. The highest BCUT2D eigenvalue weighted by Gasteiger charge is 2.29. The lowest BCUT2D eigenvalue weighted by Gasteiger charge is -2.33. The van der Waals surface area contributed by atoms with Gasteiger partial charge in [0, 0.05) is 45.5 Å². The third-order valence-corrected chi connectivity index (χ3v) is 6.23. The molecule has 2 heterocycles. The minimum absolute atomic E-state index is 0.284. The number of aromatic nitrogens is 2. The number of nitrogens with zero attached hydrogens (tertiary/aromatic N) is 4. The van der Waals surface area contributed by atoms with E-state index >= 15 is 0 Å². The molecule has 3 rings (SSSR count). The number of rotatable bonds is 6. The molecular weight excluding hydrogens is 336 g/mol. The van der Waals surface area contributed by atoms with E-state index in [0.717, 1.165) is 19.6 Å². The summed E-state index contributed by atoms with van der Waals surface area (Å²) in [5, 5.41) is 4.07. The molecule has 0 spiro atoms. The summed E-state index contributed by atoms with van der Waals surface area (Å²) in [6.45, 7) is 5.93. The molecule has 1 aromatic carbocycles. The minimum Gasteiger partial charge on any atom is -0.297 e. The Morgan fingerprint density at radius 2 is 1.84 bits per heavy atom. The lowest BCUT2D eigenvalue weighted by Crippen LogP contribution is -2.48. The van der Waals surface area contributed by atoms with E-state index in [-0.39, 0.29) is 4.90 Å². The zero-order valence-electron chi connectivity index (χ0n) is 14.5. The van der Waals surface area contributed by atoms with Gasteiger partial charge in [-0.05, 0) is 12.5 Å². The summed E-state index contributed by atoms with van der Waals surface area (Å²) < 4.78 is 28.5. The summed E-state index contributed by atoms with van der Waals surface area (Å²) >= 11 is 0. The average molecular weight is 360 g/mol. The van der Waals surface area contributed by atoms with E-state index in [4.69, 9.17) is 0 Å². The van der Waals surface area contributed by atoms with E-state index in [1.54, 1.807) is 15.2 Å². The third-order valence-electron chi connectivity index (χ3n) is 4.38. The molecule has 6 nitrogen and oxygen atoms in total. The van der Waals surface area contributed by atoms with E-state index in [2.05, 4.69) is 34.3 Å². The van der Waals surface area contributed by atoms with Crippen molar-refractivity contribution >= 4 is 16.1 Å². The van der Waals surface area contributed by atoms with Gasteiger partial charge in [0.2, 0.25) is 10.0 Å². The number of benzene rings is 1. The quantitative estimate of drug-likeness (QED) is 0.790. The smallest absolute Gasteiger partial charge is 0.246 e. The first kappa shape index (κ1) is 17.8. The van der Waals surface area contributed by atoms with Crippen LogP contribution < -0.4 is 0 Å². The average Bonchev–Trinajstić information content (AvgIpc) is 3.13. The zero-order valence-corrected chi connectivity index (χ0v) is 15.3. The first-order chi connectivity index (χ1) is 12.1. The van der Waals surface area contributed by atoms with Gasteiger partial charge in [0.1, 0.15) is 4.90 Å². The molecule has 1 aliphatic rings. The van der Waals surface area contributed by atoms with Crippen LogP contribution in [0.4, 0.5) is 0 Å². The molecule has 1 saturated heterocycles. The Labute approximate surface area is 149 Å². The molecule has 1 aliphatic heterocycles. The summed E-state index contributed by atoms with van der Waals surface area (Å²) in [5.41, 5.74) is 1.18. The van der Waals surface area contributed by atoms with E-state index < -0.39 is 10.0 Å². The largest absolute Gasteiger partial charge is 0.297 e. The predicted octanol–water partition coefficient (Wildman–Crippen LogP) is 1.92. The van der Waals surface area contributed by atoms with Gasteiger partial charge in [-0.15, -0.1) is 0 Å². The maximum absolute atomic E-state index is 12.7. The lowest BCUT2D eigenvalue weighted by atomic mass is 10.2. The normalized spacial score (nSPS) is 17.3. The second-order valence-electron chi connectivity index (χ2n) is 6.05. The van der Waals surface area contributed by atoms with Crippen LogP contribution in [0.5, 0.6) is 0 Å². The minimum atomic E-state index is -3.43. The van der Waals surface area contributed by atoms with E-state index in [1.807, 2.05) is 25.1 Å². The summed E-state index contributed by atoms with van der Waals surface area (Å²) in [4.78, 5) is 2.55. The van der Waals surface area contributed by atoms with Crippen molar-refractivity contribution < 1.29 is 8.42 Å². The first-order valence-corrected chi connectivity index (χ1v) is 10.00. The van der Waals surface area contributed by atoms with Gasteiger partial charge in [-0.1, -0.05) is 42.5 Å². The molecule has 0 N–H and O–H groups in total. The van der Waals surface area contributed by atoms with Crippen molar-refractivity contribution in [3.8, 4) is 0 Å². The van der Waals surface area contributed by atoms with Crippen molar-refractivity contribution in [1.82, 2.24) is 19.0 Å². The molecule has 0 unspecified atom stereocenters. The summed E-state index contributed by atoms with van der Waals surface area (Å²) in [6.07, 6.45) is 7.27. The highest BCUT2D eigenvalue weighted by molar-refractivity contribution is 7.89. The Bertz CT molecular complexity index is 807. The van der Waals surface area contributed by atoms with E-state index in [1.165, 1.54) is 11.8 Å². The molecule has 7 heteroatoms. The molecule has 0 amide bonds. The molecule has 2 aromatic rings. The number of sulfonamides is 1. The van der Waals surface area contributed by atoms with Crippen molar-refractivity contribution in [2.24, 2.45) is 0 Å². The fourth-order valence-electron chi connectivity index (χ4n) is 2.85. The van der Waals surface area contributed by atoms with Crippen LogP contribution in [-0.2, 0) is 16.6 Å². The number of aryl methyl sites for hydroxylation is 1. The second-order valence-corrected chi connectivity index (χ2v) is 7.99. The number of hydrogen-bond donors (Lipinski definition) is 0. The number of piperazine rings is 1. The van der Waals surface area contributed by atoms with Gasteiger partial charge in [-0.25, -0.2) is 8.42 Å². The maximum atomic E-state index is 12.7. The molecule has 134 valence electrons. The molecule has 0 aliphatic carbocycles. The SMILES string of the molecule is CCn1cc(S(=O)(=O)N2CCN(C/C=C/c3ccccc3)CC2)cn1. The van der Waals surface area contributed by atoms with Crippen molar-refractivity contribution in [2.75, 3.05) is 32.7 Å². The Hall–Kier alpha value is -1.96. The van der Waals surface area contributed by atoms with Crippen LogP contribution in [0.25, 0.3) is 6.08 Å². The molecule has 0 bridgehead atoms. The van der Waals surface area contributed by atoms with E-state index in [9.17, 15) is 8.42 Å². The van der Waals surface area contributed by atoms with Gasteiger partial charge in [0.15, 0.2) is 0 Å². The van der Waals surface area contributed by atoms with Gasteiger partial charge in [0.25, 0.3) is 0 Å². The van der Waals surface area contributed by atoms with Crippen molar-refractivity contribution in [1.29, 1.82) is 0 Å². The Kier molecular flexibility index (Phi) is 5.67. The van der Waals surface area contributed by atoms with Gasteiger partial charge in [-0.2, -0.15) is 9.40 Å². The second kappa shape index (κ2) is 7.95. The van der Waals surface area contributed by atoms with E-state index in [0.29, 0.717) is 19.6 Å². The Morgan fingerprint density at radius 3 is 2.48 bits per heavy atom. The fourth-order valence-corrected chi connectivity index (χ4v) is 4.23. The first-order valence-electron chi connectivity index (χ1n) is 8.56. The highest BCUT2D eigenvalue weighted by Crippen LogP contribution is 2.17. The predicted molar refractivity (Wildman–Crippen MR) is 98.6 cm³/mol. The third kappa shape index (κ3) is 4.36. The Morgan fingerprint density at radius 1 is 1.12 bits per heavy atom. The standard InChI is InChI=1S/C18H24N4O2S/c1-2-21-16-18(15-19-21)25(23,24)22-13-11-20(12-14-22)10-6-9-17-7-4-3-5-8-17/h3-9,15-16H,2,10-14H2,1H3/b9-6+. The molecule has 1 fully saturated rings. The zero-order chi connectivity index (χ0) is 17.7. The molecule has 0 radical (unpaired) electrons. The summed E-state index contributed by atoms with van der Waals surface area (Å²) in [7, 11) is -3.43. The van der Waals surface area contributed by atoms with Crippen molar-refractivity contribution in [3.63, 3.8) is 0 Å². The molecule has 25 heavy (non-hydrogen) atoms. The molecular formula is C18H24N4O2S. The summed E-state index contributed by atoms with van der Waals surface area (Å²) in [6, 6.07) is 10.2. The molecule has 0 atom stereocenters. The van der Waals surface area contributed by atoms with Crippen LogP contribution in [0, 0.1) is 0 Å². The lowest BCUT2D eigenvalue weighted by molar-refractivity contribution is 0.204. The Balaban J connectivity index is 1.53. The van der Waals surface area contributed by atoms with Crippen LogP contribution in [0.3, 0.4) is 0 Å². The van der Waals surface area contributed by atoms with Gasteiger partial charge in [0.05, 0.1) is 6.20 Å². The van der Waals surface area contributed by atoms with Crippen molar-refractivity contribution in [3.05, 3.63) is 54.4 Å². The van der Waals surface area contributed by atoms with Crippen LogP contribution in [0.2, 0.25) is 0 Å². The number of hydrogen-bond acceptors (Lipinski definition) is 4.